The van der Waals surface area contributed by atoms with Gasteiger partial charge >= 0.3 is 36.7 Å². The average molecular weight is 726 g/mol. The van der Waals surface area contributed by atoms with E-state index < -0.39 is 13.1 Å². The minimum absolute atomic E-state index is 0.363. The molecule has 0 saturated heterocycles. The predicted octanol–water partition coefficient (Wildman–Crippen LogP) is 4.85. The van der Waals surface area contributed by atoms with E-state index in [9.17, 15) is 14.0 Å². The molecule has 0 spiro atoms. The molecule has 7 nitrogen and oxygen atoms in total. The molecule has 0 aliphatic rings. The summed E-state index contributed by atoms with van der Waals surface area (Å²) in [7, 11) is 6.02. The molecule has 4 N–H and O–H groups in total. The van der Waals surface area contributed by atoms with Gasteiger partial charge in [-0.3, -0.25) is 4.39 Å². The van der Waals surface area contributed by atoms with Crippen LogP contribution in [0.3, 0.4) is 0 Å². The first-order chi connectivity index (χ1) is 14.5. The van der Waals surface area contributed by atoms with E-state index in [2.05, 4.69) is 95.3 Å². The van der Waals surface area contributed by atoms with Crippen molar-refractivity contribution in [2.45, 2.75) is 0 Å². The summed E-state index contributed by atoms with van der Waals surface area (Å²) in [5.41, 5.74) is 13.3. The third-order valence-electron chi connectivity index (χ3n) is 2.91. The van der Waals surface area contributed by atoms with E-state index in [1.165, 1.54) is 14.2 Å². The van der Waals surface area contributed by atoms with E-state index in [1.54, 1.807) is 30.3 Å². The number of esters is 2. The molecule has 0 saturated carbocycles. The third-order valence-corrected chi connectivity index (χ3v) is 5.48. The van der Waals surface area contributed by atoms with Gasteiger partial charge < -0.3 is 20.9 Å². The van der Waals surface area contributed by atoms with Crippen LogP contribution >= 0.6 is 73.9 Å². The number of rotatable bonds is 2. The number of nitrogen functional groups attached to an aromatic ring is 2. The molecule has 30 heavy (non-hydrogen) atoms. The molecule has 1 radical (unpaired) electrons. The van der Waals surface area contributed by atoms with Gasteiger partial charge in [0.1, 0.15) is 0 Å². The summed E-state index contributed by atoms with van der Waals surface area (Å²) in [5, 5.41) is 0. The molecule has 0 amide bonds. The summed E-state index contributed by atoms with van der Waals surface area (Å²) in [6, 6.07) is 8.44. The number of anilines is 2. The second kappa shape index (κ2) is 17.7. The number of alkyl halides is 1. The summed E-state index contributed by atoms with van der Waals surface area (Å²) in [6.07, 6.45) is 0. The molecule has 0 aliphatic carbocycles. The second-order valence-corrected chi connectivity index (χ2v) is 8.10. The zero-order valence-corrected chi connectivity index (χ0v) is 22.7. The van der Waals surface area contributed by atoms with Crippen molar-refractivity contribution in [1.82, 2.24) is 0 Å². The van der Waals surface area contributed by atoms with E-state index in [4.69, 9.17) is 12.8 Å². The van der Waals surface area contributed by atoms with E-state index in [-0.39, 0.29) is 5.97 Å². The molecular formula is C17H19BBrFI2N3O4S. The Balaban J connectivity index is 0. The molecule has 0 unspecified atom stereocenters. The molecule has 2 rings (SSSR count). The van der Waals surface area contributed by atoms with E-state index in [0.29, 0.717) is 27.0 Å². The van der Waals surface area contributed by atoms with E-state index in [0.717, 1.165) is 7.14 Å². The Bertz CT molecular complexity index is 888. The Kier molecular flexibility index (Phi) is 17.2. The van der Waals surface area contributed by atoms with Crippen molar-refractivity contribution in [3.05, 3.63) is 53.1 Å². The predicted molar refractivity (Wildman–Crippen MR) is 142 cm³/mol. The number of methoxy groups -OCH3 is 2. The molecule has 2 aromatic carbocycles. The van der Waals surface area contributed by atoms with Crippen LogP contribution in [-0.2, 0) is 9.47 Å². The SMILES string of the molecule is COC(=O)c1cc(N)c(I)cc1Br.COC(=O)c1ccc(I)c(N)c1.[2H]CF.[B]=NS. The van der Waals surface area contributed by atoms with Crippen molar-refractivity contribution in [3.63, 3.8) is 0 Å². The van der Waals surface area contributed by atoms with Crippen LogP contribution in [0.2, 0.25) is 0 Å². The number of benzene rings is 2. The van der Waals surface area contributed by atoms with Crippen LogP contribution in [0, 0.1) is 7.14 Å². The first-order valence-corrected chi connectivity index (χ1v) is 10.7. The Hall–Kier alpha value is -0.935. The van der Waals surface area contributed by atoms with Gasteiger partial charge in [0.25, 0.3) is 0 Å². The van der Waals surface area contributed by atoms with Gasteiger partial charge in [0.05, 0.1) is 33.9 Å². The van der Waals surface area contributed by atoms with Crippen LogP contribution in [0.1, 0.15) is 22.1 Å². The van der Waals surface area contributed by atoms with E-state index in [1.807, 2.05) is 0 Å². The number of thiol groups is 1. The fourth-order valence-corrected chi connectivity index (χ4v) is 3.36. The molecule has 0 atom stereocenters. The van der Waals surface area contributed by atoms with Crippen LogP contribution in [0.25, 0.3) is 0 Å². The number of carbonyl (C=O) groups excluding carboxylic acids is 2. The molecule has 0 heterocycles. The molecule has 0 aromatic heterocycles. The molecule has 13 heteroatoms. The van der Waals surface area contributed by atoms with Crippen LogP contribution < -0.4 is 11.5 Å². The summed E-state index contributed by atoms with van der Waals surface area (Å²) in [4.78, 5) is 22.2. The summed E-state index contributed by atoms with van der Waals surface area (Å²) in [6.45, 7) is 0. The number of ether oxygens (including phenoxy) is 2. The van der Waals surface area contributed by atoms with Crippen LogP contribution in [0.5, 0.6) is 0 Å². The van der Waals surface area contributed by atoms with Gasteiger partial charge in [-0.25, -0.2) is 9.59 Å². The van der Waals surface area contributed by atoms with Crippen molar-refractivity contribution in [1.29, 1.82) is 0 Å². The fraction of sp³-hybridized carbons (Fsp3) is 0.176. The second-order valence-electron chi connectivity index (χ2n) is 4.69. The molecule has 2 aromatic rings. The van der Waals surface area contributed by atoms with Gasteiger partial charge in [-0.15, -0.1) is 0 Å². The Morgan fingerprint density at radius 1 is 1.13 bits per heavy atom. The third kappa shape index (κ3) is 11.5. The van der Waals surface area contributed by atoms with Crippen molar-refractivity contribution < 1.29 is 24.8 Å². The van der Waals surface area contributed by atoms with Crippen LogP contribution in [0.15, 0.2) is 39.1 Å². The molecule has 0 aliphatic heterocycles. The number of hydrogen-bond acceptors (Lipinski definition) is 8. The van der Waals surface area contributed by atoms with Gasteiger partial charge in [0.15, 0.2) is 0 Å². The monoisotopic (exact) mass is 725 g/mol. The molecule has 163 valence electrons. The van der Waals surface area contributed by atoms with Crippen LogP contribution in [-0.4, -0.2) is 41.0 Å². The average Bonchev–Trinajstić information content (AvgIpc) is 2.73. The standard InChI is InChI=1S/C8H7BrINO2.C8H8INO2.CH3F.BHNS/c1-13-8(12)4-2-7(11)6(10)3-5(4)9;1-12-8(11)5-2-3-6(9)7(10)4-5;1-2;1-2-3/h2-3H,11H2,1H3;2-4H,10H2,1H3;1H3;3H/i;;1D;. The first-order valence-electron chi connectivity index (χ1n) is 8.10. The van der Waals surface area contributed by atoms with Gasteiger partial charge in [-0.05, 0) is 91.4 Å². The quantitative estimate of drug-likeness (QED) is 0.134. The Labute approximate surface area is 218 Å². The van der Waals surface area contributed by atoms with Crippen molar-refractivity contribution in [3.8, 4) is 0 Å². The summed E-state index contributed by atoms with van der Waals surface area (Å²) < 4.78 is 29.8. The minimum atomic E-state index is -1.00. The van der Waals surface area contributed by atoms with Crippen molar-refractivity contribution in [2.24, 2.45) is 4.30 Å². The van der Waals surface area contributed by atoms with Gasteiger partial charge in [0.2, 0.25) is 0 Å². The van der Waals surface area contributed by atoms with Gasteiger partial charge in [0, 0.05) is 23.0 Å². The molecule has 0 fully saturated rings. The Morgan fingerprint density at radius 2 is 1.60 bits per heavy atom. The maximum atomic E-state index is 11.2. The summed E-state index contributed by atoms with van der Waals surface area (Å²) >= 11 is 10.6. The van der Waals surface area contributed by atoms with E-state index >= 15 is 0 Å². The van der Waals surface area contributed by atoms with Crippen molar-refractivity contribution in [2.75, 3.05) is 32.8 Å². The topological polar surface area (TPSA) is 117 Å². The zero-order valence-electron chi connectivity index (χ0n) is 16.9. The number of halogens is 4. The van der Waals surface area contributed by atoms with Gasteiger partial charge in [-0.1, -0.05) is 0 Å². The number of hydrogen-bond donors (Lipinski definition) is 3. The molecular weight excluding hydrogens is 706 g/mol. The van der Waals surface area contributed by atoms with Crippen molar-refractivity contribution >= 4 is 105 Å². The number of nitrogens with two attached hydrogens (primary N) is 2. The normalized spacial score (nSPS) is 9.07. The summed E-state index contributed by atoms with van der Waals surface area (Å²) in [5.74, 6) is -0.756. The fourth-order valence-electron chi connectivity index (χ4n) is 1.62. The van der Waals surface area contributed by atoms with Crippen LogP contribution in [0.4, 0.5) is 15.8 Å². The Morgan fingerprint density at radius 3 is 2.03 bits per heavy atom. The number of carbonyl (C=O) groups is 2. The molecule has 0 bridgehead atoms. The van der Waals surface area contributed by atoms with Gasteiger partial charge in [-0.2, -0.15) is 0 Å². The first kappa shape index (κ1) is 29.1. The maximum absolute atomic E-state index is 11.2. The number of nitrogens with zero attached hydrogens (tertiary/aromatic N) is 1. The zero-order chi connectivity index (χ0) is 24.6.